The highest BCUT2D eigenvalue weighted by Gasteiger charge is 2.16. The molecule has 1 amide bonds. The van der Waals surface area contributed by atoms with Crippen molar-refractivity contribution < 1.29 is 9.90 Å². The SMILES string of the molecule is [C-]#[N+]c1cccc2c1ccn2-c1ccnc(Nc2cc(NC(=O)C=C)c(N(C)CCN(C)C)cc2CO)n1. The van der Waals surface area contributed by atoms with Gasteiger partial charge in [-0.15, -0.1) is 0 Å². The Bertz CT molecular complexity index is 1520. The summed E-state index contributed by atoms with van der Waals surface area (Å²) in [5.41, 5.74) is 3.94. The summed E-state index contributed by atoms with van der Waals surface area (Å²) in [6, 6.07) is 12.8. The third kappa shape index (κ3) is 5.64. The largest absolute Gasteiger partial charge is 0.392 e. The van der Waals surface area contributed by atoms with E-state index in [4.69, 9.17) is 6.57 Å². The van der Waals surface area contributed by atoms with Crippen molar-refractivity contribution in [2.45, 2.75) is 6.61 Å². The first-order valence-corrected chi connectivity index (χ1v) is 12.0. The van der Waals surface area contributed by atoms with Crippen molar-refractivity contribution in [3.05, 3.63) is 84.5 Å². The summed E-state index contributed by atoms with van der Waals surface area (Å²) in [5, 5.41) is 17.1. The number of aliphatic hydroxyl groups is 1. The van der Waals surface area contributed by atoms with Crippen LogP contribution in [0.25, 0.3) is 21.6 Å². The number of carbonyl (C=O) groups excluding carboxylic acids is 1. The van der Waals surface area contributed by atoms with Crippen molar-refractivity contribution in [2.75, 3.05) is 49.8 Å². The van der Waals surface area contributed by atoms with Crippen molar-refractivity contribution in [3.63, 3.8) is 0 Å². The number of anilines is 4. The summed E-state index contributed by atoms with van der Waals surface area (Å²) in [5.74, 6) is 0.590. The molecule has 0 radical (unpaired) electrons. The van der Waals surface area contributed by atoms with Gasteiger partial charge in [-0.2, -0.15) is 4.98 Å². The van der Waals surface area contributed by atoms with Crippen LogP contribution in [0.15, 0.2) is 67.5 Å². The van der Waals surface area contributed by atoms with Gasteiger partial charge in [0.25, 0.3) is 0 Å². The molecule has 2 aromatic carbocycles. The third-order valence-corrected chi connectivity index (χ3v) is 6.09. The molecule has 2 heterocycles. The van der Waals surface area contributed by atoms with E-state index in [-0.39, 0.29) is 12.5 Å². The molecule has 4 aromatic rings. The lowest BCUT2D eigenvalue weighted by Crippen LogP contribution is -2.29. The molecule has 0 fully saturated rings. The molecule has 0 atom stereocenters. The molecule has 2 aromatic heterocycles. The Morgan fingerprint density at radius 1 is 1.18 bits per heavy atom. The van der Waals surface area contributed by atoms with Crippen LogP contribution in [-0.4, -0.2) is 64.7 Å². The van der Waals surface area contributed by atoms with Crippen LogP contribution in [0.1, 0.15) is 5.56 Å². The molecule has 0 saturated heterocycles. The summed E-state index contributed by atoms with van der Waals surface area (Å²) in [6.07, 6.45) is 4.72. The van der Waals surface area contributed by atoms with Gasteiger partial charge in [0, 0.05) is 54.7 Å². The second-order valence-electron chi connectivity index (χ2n) is 8.97. The van der Waals surface area contributed by atoms with Crippen molar-refractivity contribution in [1.82, 2.24) is 19.4 Å². The second kappa shape index (κ2) is 11.6. The van der Waals surface area contributed by atoms with Crippen LogP contribution in [-0.2, 0) is 11.4 Å². The van der Waals surface area contributed by atoms with Crippen LogP contribution in [0.5, 0.6) is 0 Å². The van der Waals surface area contributed by atoms with E-state index in [0.29, 0.717) is 40.9 Å². The van der Waals surface area contributed by atoms with Gasteiger partial charge in [0.1, 0.15) is 5.82 Å². The zero-order valence-corrected chi connectivity index (χ0v) is 21.6. The summed E-state index contributed by atoms with van der Waals surface area (Å²) in [4.78, 5) is 28.9. The first-order valence-electron chi connectivity index (χ1n) is 12.0. The minimum absolute atomic E-state index is 0.228. The molecule has 3 N–H and O–H groups in total. The van der Waals surface area contributed by atoms with E-state index in [0.717, 1.165) is 23.1 Å². The standard InChI is InChI=1S/C28H30N8O2/c1-6-27(38)31-23-17-22(19(18-37)16-25(23)35(5)15-14-34(3)4)32-28-30-12-10-26(33-28)36-13-11-20-21(29-2)8-7-9-24(20)36/h6-13,16-17,37H,1,14-15,18H2,3-5H3,(H,31,38)(H,30,32,33). The predicted molar refractivity (Wildman–Crippen MR) is 151 cm³/mol. The van der Waals surface area contributed by atoms with Crippen molar-refractivity contribution in [1.29, 1.82) is 0 Å². The Hall–Kier alpha value is -4.72. The number of carbonyl (C=O) groups is 1. The van der Waals surface area contributed by atoms with Gasteiger partial charge in [-0.05, 0) is 50.5 Å². The Labute approximate surface area is 221 Å². The van der Waals surface area contributed by atoms with E-state index in [1.807, 2.05) is 61.1 Å². The van der Waals surface area contributed by atoms with Crippen LogP contribution in [0.3, 0.4) is 0 Å². The molecule has 0 bridgehead atoms. The average molecular weight is 511 g/mol. The van der Waals surface area contributed by atoms with E-state index < -0.39 is 0 Å². The number of aromatic nitrogens is 3. The summed E-state index contributed by atoms with van der Waals surface area (Å²) in [6.45, 7) is 12.3. The maximum atomic E-state index is 12.2. The first kappa shape index (κ1) is 26.3. The fourth-order valence-electron chi connectivity index (χ4n) is 4.06. The van der Waals surface area contributed by atoms with Crippen LogP contribution < -0.4 is 15.5 Å². The van der Waals surface area contributed by atoms with Gasteiger partial charge in [-0.3, -0.25) is 4.79 Å². The van der Waals surface area contributed by atoms with Crippen molar-refractivity contribution in [3.8, 4) is 5.82 Å². The Morgan fingerprint density at radius 2 is 2.00 bits per heavy atom. The number of hydrogen-bond donors (Lipinski definition) is 3. The summed E-state index contributed by atoms with van der Waals surface area (Å²) >= 11 is 0. The molecular formula is C28H30N8O2. The highest BCUT2D eigenvalue weighted by molar-refractivity contribution is 6.02. The molecule has 0 spiro atoms. The summed E-state index contributed by atoms with van der Waals surface area (Å²) in [7, 11) is 5.92. The van der Waals surface area contributed by atoms with Crippen molar-refractivity contribution in [2.24, 2.45) is 0 Å². The number of likely N-dealkylation sites (N-methyl/N-ethyl adjacent to an activating group) is 2. The molecule has 10 heteroatoms. The molecule has 10 nitrogen and oxygen atoms in total. The smallest absolute Gasteiger partial charge is 0.247 e. The Morgan fingerprint density at radius 3 is 2.71 bits per heavy atom. The number of amides is 1. The minimum Gasteiger partial charge on any atom is -0.392 e. The minimum atomic E-state index is -0.341. The number of benzene rings is 2. The summed E-state index contributed by atoms with van der Waals surface area (Å²) < 4.78 is 1.89. The fraction of sp³-hybridized carbons (Fsp3) is 0.214. The quantitative estimate of drug-likeness (QED) is 0.216. The lowest BCUT2D eigenvalue weighted by atomic mass is 10.1. The maximum Gasteiger partial charge on any atom is 0.247 e. The molecule has 0 aliphatic heterocycles. The topological polar surface area (TPSA) is 103 Å². The molecule has 0 aliphatic carbocycles. The van der Waals surface area contributed by atoms with Gasteiger partial charge in [-0.25, -0.2) is 9.83 Å². The van der Waals surface area contributed by atoms with Gasteiger partial charge in [0.15, 0.2) is 5.69 Å². The molecule has 0 unspecified atom stereocenters. The number of rotatable bonds is 10. The molecule has 0 saturated carbocycles. The zero-order chi connectivity index (χ0) is 27.2. The normalized spacial score (nSPS) is 10.8. The number of nitrogens with zero attached hydrogens (tertiary/aromatic N) is 6. The molecule has 4 rings (SSSR count). The highest BCUT2D eigenvalue weighted by atomic mass is 16.3. The molecular weight excluding hydrogens is 480 g/mol. The highest BCUT2D eigenvalue weighted by Crippen LogP contribution is 2.34. The van der Waals surface area contributed by atoms with Crippen LogP contribution in [0.2, 0.25) is 0 Å². The Kier molecular flexibility index (Phi) is 8.01. The number of aliphatic hydroxyl groups excluding tert-OH is 1. The maximum absolute atomic E-state index is 12.2. The lowest BCUT2D eigenvalue weighted by molar-refractivity contribution is -0.111. The molecule has 194 valence electrons. The van der Waals surface area contributed by atoms with E-state index in [2.05, 4.69) is 36.9 Å². The number of hydrogen-bond acceptors (Lipinski definition) is 7. The van der Waals surface area contributed by atoms with Gasteiger partial charge < -0.3 is 30.1 Å². The van der Waals surface area contributed by atoms with E-state index in [1.165, 1.54) is 6.08 Å². The van der Waals surface area contributed by atoms with Gasteiger partial charge in [0.05, 0.1) is 24.6 Å². The van der Waals surface area contributed by atoms with Crippen molar-refractivity contribution >= 4 is 45.5 Å². The van der Waals surface area contributed by atoms with Gasteiger partial charge in [-0.1, -0.05) is 18.7 Å². The molecule has 38 heavy (non-hydrogen) atoms. The second-order valence-corrected chi connectivity index (χ2v) is 8.97. The number of fused-ring (bicyclic) bond motifs is 1. The Balaban J connectivity index is 1.71. The lowest BCUT2D eigenvalue weighted by Gasteiger charge is -2.26. The first-order chi connectivity index (χ1) is 18.3. The van der Waals surface area contributed by atoms with Crippen LogP contribution in [0, 0.1) is 6.57 Å². The van der Waals surface area contributed by atoms with E-state index >= 15 is 0 Å². The monoisotopic (exact) mass is 510 g/mol. The molecule has 0 aliphatic rings. The van der Waals surface area contributed by atoms with Gasteiger partial charge in [0.2, 0.25) is 11.9 Å². The number of nitrogens with one attached hydrogen (secondary N) is 2. The van der Waals surface area contributed by atoms with E-state index in [1.54, 1.807) is 24.4 Å². The van der Waals surface area contributed by atoms with Crippen LogP contribution in [0.4, 0.5) is 28.7 Å². The third-order valence-electron chi connectivity index (χ3n) is 6.09. The average Bonchev–Trinajstić information content (AvgIpc) is 3.36. The van der Waals surface area contributed by atoms with Crippen LogP contribution >= 0.6 is 0 Å². The predicted octanol–water partition coefficient (Wildman–Crippen LogP) is 4.33. The zero-order valence-electron chi connectivity index (χ0n) is 21.6. The van der Waals surface area contributed by atoms with E-state index in [9.17, 15) is 9.90 Å². The van der Waals surface area contributed by atoms with Gasteiger partial charge >= 0.3 is 0 Å². The fourth-order valence-corrected chi connectivity index (χ4v) is 4.06.